The van der Waals surface area contributed by atoms with E-state index >= 15 is 0 Å². The van der Waals surface area contributed by atoms with E-state index in [4.69, 9.17) is 4.74 Å². The molecule has 0 unspecified atom stereocenters. The van der Waals surface area contributed by atoms with Crippen molar-refractivity contribution in [3.63, 3.8) is 0 Å². The van der Waals surface area contributed by atoms with E-state index in [1.54, 1.807) is 26.8 Å². The van der Waals surface area contributed by atoms with Crippen LogP contribution in [0.15, 0.2) is 24.3 Å². The van der Waals surface area contributed by atoms with Gasteiger partial charge in [0.15, 0.2) is 6.61 Å². The Balaban J connectivity index is 2.81. The number of hydrogen-bond donors (Lipinski definition) is 2. The van der Waals surface area contributed by atoms with E-state index < -0.39 is 24.4 Å². The highest BCUT2D eigenvalue weighted by Crippen LogP contribution is 2.26. The van der Waals surface area contributed by atoms with Gasteiger partial charge in [-0.25, -0.2) is 4.79 Å². The minimum absolute atomic E-state index is 0.0718. The van der Waals surface area contributed by atoms with Crippen LogP contribution in [0, 0.1) is 0 Å². The van der Waals surface area contributed by atoms with Gasteiger partial charge in [0.1, 0.15) is 5.75 Å². The second kappa shape index (κ2) is 7.54. The maximum atomic E-state index is 12.3. The number of alkyl halides is 3. The summed E-state index contributed by atoms with van der Waals surface area (Å²) in [5.41, 5.74) is -0.949. The first-order chi connectivity index (χ1) is 10.5. The van der Waals surface area contributed by atoms with Gasteiger partial charge in [-0.3, -0.25) is 0 Å². The molecule has 130 valence electrons. The van der Waals surface area contributed by atoms with Crippen LogP contribution >= 0.6 is 0 Å². The molecule has 0 atom stereocenters. The Bertz CT molecular complexity index is 527. The van der Waals surface area contributed by atoms with E-state index in [-0.39, 0.29) is 18.0 Å². The molecule has 0 aromatic heterocycles. The van der Waals surface area contributed by atoms with Crippen LogP contribution < -0.4 is 10.1 Å². The van der Waals surface area contributed by atoms with Crippen molar-refractivity contribution in [1.82, 2.24) is 4.90 Å². The van der Waals surface area contributed by atoms with E-state index in [0.717, 1.165) is 0 Å². The standard InChI is InChI=1S/C15H21F3N2O3/c1-4-20(9-14(2,3)22)13(21)19-11-7-5-6-8-12(11)23-10-15(16,17)18/h5-8,22H,4,9-10H2,1-3H3,(H,19,21). The van der Waals surface area contributed by atoms with Gasteiger partial charge in [-0.15, -0.1) is 0 Å². The number of rotatable bonds is 6. The number of amides is 2. The monoisotopic (exact) mass is 334 g/mol. The van der Waals surface area contributed by atoms with E-state index in [9.17, 15) is 23.1 Å². The number of halogens is 3. The molecule has 2 N–H and O–H groups in total. The number of para-hydroxylation sites is 2. The molecule has 8 heteroatoms. The number of anilines is 1. The number of carbonyl (C=O) groups is 1. The quantitative estimate of drug-likeness (QED) is 0.839. The Morgan fingerprint density at radius 3 is 2.43 bits per heavy atom. The lowest BCUT2D eigenvalue weighted by atomic mass is 10.1. The molecule has 0 saturated heterocycles. The normalized spacial score (nSPS) is 12.0. The summed E-state index contributed by atoms with van der Waals surface area (Å²) >= 11 is 0. The van der Waals surface area contributed by atoms with Gasteiger partial charge in [0.2, 0.25) is 0 Å². The van der Waals surface area contributed by atoms with Crippen LogP contribution in [-0.2, 0) is 0 Å². The predicted octanol–water partition coefficient (Wildman–Crippen LogP) is 3.25. The first-order valence-corrected chi connectivity index (χ1v) is 7.09. The van der Waals surface area contributed by atoms with Crippen molar-refractivity contribution in [3.8, 4) is 5.75 Å². The second-order valence-corrected chi connectivity index (χ2v) is 5.66. The Hall–Kier alpha value is -1.96. The van der Waals surface area contributed by atoms with Crippen molar-refractivity contribution in [2.75, 3.05) is 25.0 Å². The van der Waals surface area contributed by atoms with Crippen LogP contribution in [0.3, 0.4) is 0 Å². The van der Waals surface area contributed by atoms with Crippen LogP contribution in [0.1, 0.15) is 20.8 Å². The first kappa shape index (κ1) is 19.1. The predicted molar refractivity (Wildman–Crippen MR) is 80.6 cm³/mol. The number of likely N-dealkylation sites (N-methyl/N-ethyl adjacent to an activating group) is 1. The van der Waals surface area contributed by atoms with Crippen molar-refractivity contribution >= 4 is 11.7 Å². The maximum Gasteiger partial charge on any atom is 0.422 e. The summed E-state index contributed by atoms with van der Waals surface area (Å²) in [4.78, 5) is 13.5. The smallest absolute Gasteiger partial charge is 0.422 e. The SMILES string of the molecule is CCN(CC(C)(C)O)C(=O)Nc1ccccc1OCC(F)(F)F. The minimum Gasteiger partial charge on any atom is -0.482 e. The van der Waals surface area contributed by atoms with Gasteiger partial charge in [0.25, 0.3) is 0 Å². The van der Waals surface area contributed by atoms with Crippen LogP contribution in [0.5, 0.6) is 5.75 Å². The third kappa shape index (κ3) is 7.23. The molecule has 0 bridgehead atoms. The summed E-state index contributed by atoms with van der Waals surface area (Å²) in [6.45, 7) is 3.83. The molecule has 23 heavy (non-hydrogen) atoms. The van der Waals surface area contributed by atoms with Gasteiger partial charge >= 0.3 is 12.2 Å². The molecule has 0 saturated carbocycles. The molecule has 1 aromatic rings. The summed E-state index contributed by atoms with van der Waals surface area (Å²) in [5.74, 6) is -0.0718. The summed E-state index contributed by atoms with van der Waals surface area (Å²) in [6, 6.07) is 5.34. The van der Waals surface area contributed by atoms with E-state index in [0.29, 0.717) is 6.54 Å². The highest BCUT2D eigenvalue weighted by atomic mass is 19.4. The first-order valence-electron chi connectivity index (χ1n) is 7.09. The van der Waals surface area contributed by atoms with Gasteiger partial charge in [0, 0.05) is 6.54 Å². The largest absolute Gasteiger partial charge is 0.482 e. The van der Waals surface area contributed by atoms with Crippen LogP contribution in [0.4, 0.5) is 23.7 Å². The Morgan fingerprint density at radius 1 is 1.30 bits per heavy atom. The van der Waals surface area contributed by atoms with Gasteiger partial charge in [-0.1, -0.05) is 12.1 Å². The van der Waals surface area contributed by atoms with Crippen molar-refractivity contribution in [3.05, 3.63) is 24.3 Å². The fourth-order valence-electron chi connectivity index (χ4n) is 1.84. The summed E-state index contributed by atoms with van der Waals surface area (Å²) < 4.78 is 41.5. The van der Waals surface area contributed by atoms with E-state index in [1.807, 2.05) is 0 Å². The van der Waals surface area contributed by atoms with Gasteiger partial charge in [-0.05, 0) is 32.9 Å². The molecule has 0 aliphatic rings. The average molecular weight is 334 g/mol. The van der Waals surface area contributed by atoms with Gasteiger partial charge < -0.3 is 20.1 Å². The molecule has 0 fully saturated rings. The van der Waals surface area contributed by atoms with Crippen LogP contribution in [0.25, 0.3) is 0 Å². The fraction of sp³-hybridized carbons (Fsp3) is 0.533. The molecule has 0 spiro atoms. The third-order valence-corrected chi connectivity index (χ3v) is 2.77. The zero-order chi connectivity index (χ0) is 17.7. The zero-order valence-corrected chi connectivity index (χ0v) is 13.3. The number of hydrogen-bond acceptors (Lipinski definition) is 3. The Labute approximate surface area is 133 Å². The second-order valence-electron chi connectivity index (χ2n) is 5.66. The fourth-order valence-corrected chi connectivity index (χ4v) is 1.84. The number of ether oxygens (including phenoxy) is 1. The molecule has 0 aliphatic carbocycles. The molecule has 1 aromatic carbocycles. The Kier molecular flexibility index (Phi) is 6.26. The minimum atomic E-state index is -4.46. The van der Waals surface area contributed by atoms with Gasteiger partial charge in [0.05, 0.1) is 17.8 Å². The highest BCUT2D eigenvalue weighted by molar-refractivity contribution is 5.91. The summed E-state index contributed by atoms with van der Waals surface area (Å²) in [6.07, 6.45) is -4.46. The number of urea groups is 1. The van der Waals surface area contributed by atoms with Crippen molar-refractivity contribution < 1.29 is 27.8 Å². The van der Waals surface area contributed by atoms with Crippen molar-refractivity contribution in [2.24, 2.45) is 0 Å². The van der Waals surface area contributed by atoms with Crippen molar-refractivity contribution in [2.45, 2.75) is 32.5 Å². The third-order valence-electron chi connectivity index (χ3n) is 2.77. The summed E-state index contributed by atoms with van der Waals surface area (Å²) in [5, 5.41) is 12.3. The Morgan fingerprint density at radius 2 is 1.91 bits per heavy atom. The molecule has 1 rings (SSSR count). The van der Waals surface area contributed by atoms with Gasteiger partial charge in [-0.2, -0.15) is 13.2 Å². The van der Waals surface area contributed by atoms with E-state index in [2.05, 4.69) is 5.32 Å². The lowest BCUT2D eigenvalue weighted by Gasteiger charge is -2.28. The maximum absolute atomic E-state index is 12.3. The lowest BCUT2D eigenvalue weighted by Crippen LogP contribution is -2.44. The van der Waals surface area contributed by atoms with Crippen LogP contribution in [0.2, 0.25) is 0 Å². The molecule has 2 amide bonds. The average Bonchev–Trinajstić information content (AvgIpc) is 2.42. The molecule has 0 radical (unpaired) electrons. The zero-order valence-electron chi connectivity index (χ0n) is 13.3. The number of carbonyl (C=O) groups excluding carboxylic acids is 1. The molecular weight excluding hydrogens is 313 g/mol. The topological polar surface area (TPSA) is 61.8 Å². The molecule has 0 aliphatic heterocycles. The lowest BCUT2D eigenvalue weighted by molar-refractivity contribution is -0.153. The summed E-state index contributed by atoms with van der Waals surface area (Å²) in [7, 11) is 0. The number of nitrogens with one attached hydrogen (secondary N) is 1. The number of aliphatic hydroxyl groups is 1. The highest BCUT2D eigenvalue weighted by Gasteiger charge is 2.29. The van der Waals surface area contributed by atoms with E-state index in [1.165, 1.54) is 23.1 Å². The molecular formula is C15H21F3N2O3. The molecule has 0 heterocycles. The number of nitrogens with zero attached hydrogens (tertiary/aromatic N) is 1. The van der Waals surface area contributed by atoms with Crippen molar-refractivity contribution in [1.29, 1.82) is 0 Å². The number of benzene rings is 1. The molecule has 5 nitrogen and oxygen atoms in total. The van der Waals surface area contributed by atoms with Crippen LogP contribution in [-0.4, -0.2) is 47.5 Å².